The number of halogens is 4. The van der Waals surface area contributed by atoms with Crippen LogP contribution in [0.25, 0.3) is 0 Å². The maximum absolute atomic E-state index is 13.9. The van der Waals surface area contributed by atoms with E-state index in [1.165, 1.54) is 4.90 Å². The molecule has 1 aliphatic heterocycles. The second-order valence-electron chi connectivity index (χ2n) is 8.26. The lowest BCUT2D eigenvalue weighted by Gasteiger charge is -2.44. The van der Waals surface area contributed by atoms with Crippen molar-refractivity contribution in [3.05, 3.63) is 70.5 Å². The zero-order valence-corrected chi connectivity index (χ0v) is 17.3. The number of fused-ring (bicyclic) bond motifs is 1. The van der Waals surface area contributed by atoms with Gasteiger partial charge in [-0.25, -0.2) is 4.39 Å². The van der Waals surface area contributed by atoms with Gasteiger partial charge in [0.25, 0.3) is 0 Å². The Balaban J connectivity index is 1.67. The monoisotopic (exact) mass is 435 g/mol. The molecule has 1 N–H and O–H groups in total. The second kappa shape index (κ2) is 8.24. The number of amides is 1. The Morgan fingerprint density at radius 3 is 2.58 bits per heavy atom. The summed E-state index contributed by atoms with van der Waals surface area (Å²) >= 11 is 0. The van der Waals surface area contributed by atoms with E-state index in [0.29, 0.717) is 25.6 Å². The van der Waals surface area contributed by atoms with Gasteiger partial charge < -0.3 is 10.2 Å². The number of hydrogen-bond donors (Lipinski definition) is 1. The lowest BCUT2D eigenvalue weighted by Crippen LogP contribution is -2.60. The minimum atomic E-state index is -4.65. The maximum Gasteiger partial charge on any atom is 0.416 e. The molecule has 0 radical (unpaired) electrons. The minimum Gasteiger partial charge on any atom is -0.340 e. The van der Waals surface area contributed by atoms with Gasteiger partial charge in [-0.15, -0.1) is 0 Å². The molecule has 1 atom stereocenters. The van der Waals surface area contributed by atoms with Crippen LogP contribution in [-0.4, -0.2) is 48.9 Å². The third-order valence-electron chi connectivity index (χ3n) is 6.28. The number of benzene rings is 2. The van der Waals surface area contributed by atoms with Crippen LogP contribution >= 0.6 is 0 Å². The number of aryl methyl sites for hydroxylation is 1. The number of carbonyl (C=O) groups is 1. The normalized spacial score (nSPS) is 21.7. The SMILES string of the molecule is CN(Cc1cc(F)cc(C(F)(F)F)c1)C(=O)C1(N2CCNCC2)CCc2ccccc21. The Labute approximate surface area is 178 Å². The quantitative estimate of drug-likeness (QED) is 0.747. The van der Waals surface area contributed by atoms with Gasteiger partial charge in [0, 0.05) is 39.8 Å². The summed E-state index contributed by atoms with van der Waals surface area (Å²) in [6, 6.07) is 10.3. The predicted octanol–water partition coefficient (Wildman–Crippen LogP) is 3.55. The highest BCUT2D eigenvalue weighted by Gasteiger charge is 2.51. The molecule has 4 nitrogen and oxygen atoms in total. The van der Waals surface area contributed by atoms with Gasteiger partial charge in [0.05, 0.1) is 5.56 Å². The number of nitrogens with zero attached hydrogens (tertiary/aromatic N) is 2. The molecule has 1 unspecified atom stereocenters. The van der Waals surface area contributed by atoms with Gasteiger partial charge in [-0.1, -0.05) is 24.3 Å². The zero-order chi connectivity index (χ0) is 22.2. The van der Waals surface area contributed by atoms with Gasteiger partial charge in [-0.2, -0.15) is 13.2 Å². The fraction of sp³-hybridized carbons (Fsp3) is 0.435. The van der Waals surface area contributed by atoms with Gasteiger partial charge in [0.15, 0.2) is 0 Å². The molecule has 1 heterocycles. The van der Waals surface area contributed by atoms with Crippen molar-refractivity contribution in [2.45, 2.75) is 31.1 Å². The molecule has 2 aromatic carbocycles. The summed E-state index contributed by atoms with van der Waals surface area (Å²) in [5.74, 6) is -1.13. The summed E-state index contributed by atoms with van der Waals surface area (Å²) in [6.07, 6.45) is -3.27. The average Bonchev–Trinajstić information content (AvgIpc) is 3.13. The van der Waals surface area contributed by atoms with Gasteiger partial charge in [-0.05, 0) is 47.7 Å². The molecule has 1 saturated heterocycles. The first-order chi connectivity index (χ1) is 14.7. The molecule has 1 fully saturated rings. The molecule has 166 valence electrons. The lowest BCUT2D eigenvalue weighted by molar-refractivity contribution is -0.145. The first kappa shape index (κ1) is 21.8. The molecule has 0 bridgehead atoms. The summed E-state index contributed by atoms with van der Waals surface area (Å²) in [6.45, 7) is 2.83. The van der Waals surface area contributed by atoms with Crippen molar-refractivity contribution < 1.29 is 22.4 Å². The summed E-state index contributed by atoms with van der Waals surface area (Å²) < 4.78 is 53.2. The molecule has 1 aliphatic carbocycles. The number of hydrogen-bond acceptors (Lipinski definition) is 3. The number of carbonyl (C=O) groups excluding carboxylic acids is 1. The third kappa shape index (κ3) is 4.06. The summed E-state index contributed by atoms with van der Waals surface area (Å²) in [7, 11) is 1.57. The summed E-state index contributed by atoms with van der Waals surface area (Å²) in [5, 5.41) is 3.30. The molecule has 2 aromatic rings. The van der Waals surface area contributed by atoms with Gasteiger partial charge in [0.2, 0.25) is 5.91 Å². The highest BCUT2D eigenvalue weighted by Crippen LogP contribution is 2.43. The van der Waals surface area contributed by atoms with Crippen LogP contribution in [0.1, 0.15) is 28.7 Å². The van der Waals surface area contributed by atoms with Crippen molar-refractivity contribution in [2.24, 2.45) is 0 Å². The molecule has 8 heteroatoms. The Kier molecular flexibility index (Phi) is 5.79. The van der Waals surface area contributed by atoms with Crippen LogP contribution in [0.2, 0.25) is 0 Å². The molecule has 1 amide bonds. The number of nitrogens with one attached hydrogen (secondary N) is 1. The highest BCUT2D eigenvalue weighted by atomic mass is 19.4. The van der Waals surface area contributed by atoms with E-state index in [1.54, 1.807) is 7.05 Å². The first-order valence-electron chi connectivity index (χ1n) is 10.4. The van der Waals surface area contributed by atoms with E-state index in [9.17, 15) is 22.4 Å². The molecule has 4 rings (SSSR count). The first-order valence-corrected chi connectivity index (χ1v) is 10.4. The van der Waals surface area contributed by atoms with Crippen LogP contribution in [0.3, 0.4) is 0 Å². The van der Waals surface area contributed by atoms with Crippen LogP contribution < -0.4 is 5.32 Å². The van der Waals surface area contributed by atoms with E-state index in [0.717, 1.165) is 42.8 Å². The second-order valence-corrected chi connectivity index (χ2v) is 8.26. The van der Waals surface area contributed by atoms with E-state index in [1.807, 2.05) is 24.3 Å². The number of rotatable bonds is 4. The van der Waals surface area contributed by atoms with Crippen LogP contribution in [0.4, 0.5) is 17.6 Å². The Bertz CT molecular complexity index is 972. The van der Waals surface area contributed by atoms with Crippen LogP contribution in [0.5, 0.6) is 0 Å². The van der Waals surface area contributed by atoms with E-state index >= 15 is 0 Å². The van der Waals surface area contributed by atoms with Crippen molar-refractivity contribution >= 4 is 5.91 Å². The van der Waals surface area contributed by atoms with Gasteiger partial charge in [0.1, 0.15) is 11.4 Å². The molecule has 0 spiro atoms. The van der Waals surface area contributed by atoms with Crippen molar-refractivity contribution in [1.29, 1.82) is 0 Å². The van der Waals surface area contributed by atoms with E-state index < -0.39 is 23.1 Å². The van der Waals surface area contributed by atoms with Crippen molar-refractivity contribution in [3.63, 3.8) is 0 Å². The van der Waals surface area contributed by atoms with Crippen molar-refractivity contribution in [3.8, 4) is 0 Å². The number of likely N-dealkylation sites (N-methyl/N-ethyl adjacent to an activating group) is 1. The smallest absolute Gasteiger partial charge is 0.340 e. The maximum atomic E-state index is 13.9. The lowest BCUT2D eigenvalue weighted by atomic mass is 9.87. The molecular formula is C23H25F4N3O. The molecule has 0 saturated carbocycles. The Morgan fingerprint density at radius 1 is 1.16 bits per heavy atom. The van der Waals surface area contributed by atoms with Gasteiger partial charge in [-0.3, -0.25) is 9.69 Å². The van der Waals surface area contributed by atoms with E-state index in [2.05, 4.69) is 10.2 Å². The van der Waals surface area contributed by atoms with Gasteiger partial charge >= 0.3 is 6.18 Å². The molecular weight excluding hydrogens is 410 g/mol. The topological polar surface area (TPSA) is 35.6 Å². The average molecular weight is 435 g/mol. The molecule has 31 heavy (non-hydrogen) atoms. The van der Waals surface area contributed by atoms with Crippen LogP contribution in [-0.2, 0) is 29.5 Å². The highest BCUT2D eigenvalue weighted by molar-refractivity contribution is 5.89. The Morgan fingerprint density at radius 2 is 1.87 bits per heavy atom. The van der Waals surface area contributed by atoms with Crippen molar-refractivity contribution in [1.82, 2.24) is 15.1 Å². The van der Waals surface area contributed by atoms with Crippen LogP contribution in [0, 0.1) is 5.82 Å². The third-order valence-corrected chi connectivity index (χ3v) is 6.28. The fourth-order valence-corrected chi connectivity index (χ4v) is 4.89. The minimum absolute atomic E-state index is 0.102. The number of alkyl halides is 3. The molecule has 0 aromatic heterocycles. The van der Waals surface area contributed by atoms with Crippen LogP contribution in [0.15, 0.2) is 42.5 Å². The largest absolute Gasteiger partial charge is 0.416 e. The zero-order valence-electron chi connectivity index (χ0n) is 17.3. The van der Waals surface area contributed by atoms with Crippen molar-refractivity contribution in [2.75, 3.05) is 33.2 Å². The predicted molar refractivity (Wildman–Crippen MR) is 109 cm³/mol. The summed E-state index contributed by atoms with van der Waals surface area (Å²) in [4.78, 5) is 17.5. The number of piperazine rings is 1. The van der Waals surface area contributed by atoms with E-state index in [-0.39, 0.29) is 18.0 Å². The summed E-state index contributed by atoms with van der Waals surface area (Å²) in [5.41, 5.74) is 0.293. The fourth-order valence-electron chi connectivity index (χ4n) is 4.89. The Hall–Kier alpha value is -2.45. The molecule has 2 aliphatic rings. The standard InChI is InChI=1S/C23H25F4N3O/c1-29(15-16-12-18(23(25,26)27)14-19(24)13-16)21(31)22(30-10-8-28-9-11-30)7-6-17-4-2-3-5-20(17)22/h2-5,12-14,28H,6-11,15H2,1H3. The van der Waals surface area contributed by atoms with E-state index in [4.69, 9.17) is 0 Å².